The van der Waals surface area contributed by atoms with Gasteiger partial charge in [0.15, 0.2) is 0 Å². The summed E-state index contributed by atoms with van der Waals surface area (Å²) >= 11 is 0. The van der Waals surface area contributed by atoms with Gasteiger partial charge in [0.25, 0.3) is 0 Å². The lowest BCUT2D eigenvalue weighted by molar-refractivity contribution is -0.143. The Kier molecular flexibility index (Phi) is 5.20. The zero-order chi connectivity index (χ0) is 13.6. The van der Waals surface area contributed by atoms with E-state index in [4.69, 9.17) is 9.47 Å². The van der Waals surface area contributed by atoms with Gasteiger partial charge in [0, 0.05) is 0 Å². The number of carbonyl (C=O) groups excluding carboxylic acids is 1. The van der Waals surface area contributed by atoms with Crippen LogP contribution in [-0.2, 0) is 14.9 Å². The Balaban J connectivity index is 2.42. The minimum atomic E-state index is -0.219. The summed E-state index contributed by atoms with van der Waals surface area (Å²) in [5.74, 6) is 0.566. The minimum Gasteiger partial charge on any atom is -0.493 e. The van der Waals surface area contributed by atoms with Crippen molar-refractivity contribution < 1.29 is 14.3 Å². The van der Waals surface area contributed by atoms with Crippen LogP contribution in [0.2, 0.25) is 0 Å². The third kappa shape index (κ3) is 4.78. The largest absolute Gasteiger partial charge is 0.493 e. The Bertz CT molecular complexity index is 374. The number of esters is 1. The molecule has 0 N–H and O–H groups in total. The van der Waals surface area contributed by atoms with Gasteiger partial charge < -0.3 is 9.47 Å². The second kappa shape index (κ2) is 6.43. The van der Waals surface area contributed by atoms with E-state index in [1.165, 1.54) is 5.56 Å². The first kappa shape index (κ1) is 14.6. The molecule has 18 heavy (non-hydrogen) atoms. The van der Waals surface area contributed by atoms with Gasteiger partial charge in [-0.3, -0.25) is 4.79 Å². The molecule has 0 saturated carbocycles. The van der Waals surface area contributed by atoms with Gasteiger partial charge in [-0.25, -0.2) is 0 Å². The lowest BCUT2D eigenvalue weighted by Gasteiger charge is -2.19. The van der Waals surface area contributed by atoms with E-state index < -0.39 is 0 Å². The molecule has 1 aromatic carbocycles. The Hall–Kier alpha value is -1.51. The summed E-state index contributed by atoms with van der Waals surface area (Å²) in [6.45, 7) is 9.08. The van der Waals surface area contributed by atoms with Crippen LogP contribution in [0.5, 0.6) is 5.75 Å². The van der Waals surface area contributed by atoms with Gasteiger partial charge in [-0.15, -0.1) is 0 Å². The lowest BCUT2D eigenvalue weighted by atomic mass is 9.87. The van der Waals surface area contributed by atoms with E-state index in [2.05, 4.69) is 32.9 Å². The highest BCUT2D eigenvalue weighted by atomic mass is 16.5. The number of hydrogen-bond acceptors (Lipinski definition) is 3. The van der Waals surface area contributed by atoms with E-state index in [9.17, 15) is 4.79 Å². The number of hydrogen-bond donors (Lipinski definition) is 0. The van der Waals surface area contributed by atoms with Crippen LogP contribution >= 0.6 is 0 Å². The summed E-state index contributed by atoms with van der Waals surface area (Å²) < 4.78 is 10.3. The van der Waals surface area contributed by atoms with Crippen LogP contribution in [0.3, 0.4) is 0 Å². The van der Waals surface area contributed by atoms with Gasteiger partial charge in [-0.05, 0) is 30.0 Å². The molecule has 0 unspecified atom stereocenters. The SMILES string of the molecule is CCOC(=O)CCOc1ccc(C(C)(C)C)cc1. The van der Waals surface area contributed by atoms with E-state index in [1.54, 1.807) is 6.92 Å². The minimum absolute atomic E-state index is 0.142. The predicted octanol–water partition coefficient (Wildman–Crippen LogP) is 3.32. The van der Waals surface area contributed by atoms with Crippen molar-refractivity contribution in [1.82, 2.24) is 0 Å². The monoisotopic (exact) mass is 250 g/mol. The summed E-state index contributed by atoms with van der Waals surface area (Å²) in [4.78, 5) is 11.1. The number of carbonyl (C=O) groups is 1. The molecule has 0 aliphatic carbocycles. The molecule has 0 atom stereocenters. The summed E-state index contributed by atoms with van der Waals surface area (Å²) in [5.41, 5.74) is 1.41. The van der Waals surface area contributed by atoms with E-state index in [0.717, 1.165) is 5.75 Å². The maximum atomic E-state index is 11.1. The van der Waals surface area contributed by atoms with Crippen LogP contribution in [0.25, 0.3) is 0 Å². The molecule has 0 aromatic heterocycles. The molecule has 0 bridgehead atoms. The van der Waals surface area contributed by atoms with Crippen LogP contribution < -0.4 is 4.74 Å². The molecule has 0 radical (unpaired) electrons. The summed E-state index contributed by atoms with van der Waals surface area (Å²) in [5, 5.41) is 0. The highest BCUT2D eigenvalue weighted by Gasteiger charge is 2.12. The van der Waals surface area contributed by atoms with Crippen molar-refractivity contribution in [3.8, 4) is 5.75 Å². The third-order valence-corrected chi connectivity index (χ3v) is 2.60. The van der Waals surface area contributed by atoms with Crippen LogP contribution in [0.1, 0.15) is 39.7 Å². The van der Waals surface area contributed by atoms with Gasteiger partial charge in [0.2, 0.25) is 0 Å². The zero-order valence-electron chi connectivity index (χ0n) is 11.7. The van der Waals surface area contributed by atoms with Crippen LogP contribution in [0.15, 0.2) is 24.3 Å². The molecular weight excluding hydrogens is 228 g/mol. The molecule has 3 nitrogen and oxygen atoms in total. The van der Waals surface area contributed by atoms with Gasteiger partial charge in [0.05, 0.1) is 19.6 Å². The smallest absolute Gasteiger partial charge is 0.309 e. The Morgan fingerprint density at radius 1 is 1.17 bits per heavy atom. The molecule has 0 fully saturated rings. The Morgan fingerprint density at radius 2 is 1.78 bits per heavy atom. The van der Waals surface area contributed by atoms with Crippen molar-refractivity contribution in [2.24, 2.45) is 0 Å². The van der Waals surface area contributed by atoms with Gasteiger partial charge in [-0.2, -0.15) is 0 Å². The van der Waals surface area contributed by atoms with Gasteiger partial charge in [0.1, 0.15) is 5.75 Å². The first-order chi connectivity index (χ1) is 8.43. The number of ether oxygens (including phenoxy) is 2. The third-order valence-electron chi connectivity index (χ3n) is 2.60. The topological polar surface area (TPSA) is 35.5 Å². The summed E-state index contributed by atoms with van der Waals surface area (Å²) in [6, 6.07) is 7.98. The lowest BCUT2D eigenvalue weighted by Crippen LogP contribution is -2.11. The maximum Gasteiger partial charge on any atom is 0.309 e. The van der Waals surface area contributed by atoms with Crippen LogP contribution in [0, 0.1) is 0 Å². The fourth-order valence-corrected chi connectivity index (χ4v) is 1.54. The first-order valence-electron chi connectivity index (χ1n) is 6.32. The van der Waals surface area contributed by atoms with Gasteiger partial charge >= 0.3 is 5.97 Å². The van der Waals surface area contributed by atoms with Crippen molar-refractivity contribution in [2.45, 2.75) is 39.5 Å². The molecule has 0 aliphatic heterocycles. The van der Waals surface area contributed by atoms with Crippen LogP contribution in [0.4, 0.5) is 0 Å². The zero-order valence-corrected chi connectivity index (χ0v) is 11.7. The van der Waals surface area contributed by atoms with Crippen molar-refractivity contribution in [3.05, 3.63) is 29.8 Å². The summed E-state index contributed by atoms with van der Waals surface area (Å²) in [7, 11) is 0. The van der Waals surface area contributed by atoms with Crippen molar-refractivity contribution in [2.75, 3.05) is 13.2 Å². The standard InChI is InChI=1S/C15H22O3/c1-5-17-14(16)10-11-18-13-8-6-12(7-9-13)15(2,3)4/h6-9H,5,10-11H2,1-4H3. The highest BCUT2D eigenvalue weighted by molar-refractivity contribution is 5.69. The average molecular weight is 250 g/mol. The molecule has 0 saturated heterocycles. The quantitative estimate of drug-likeness (QED) is 0.752. The van der Waals surface area contributed by atoms with Crippen molar-refractivity contribution in [1.29, 1.82) is 0 Å². The second-order valence-corrected chi connectivity index (χ2v) is 5.18. The highest BCUT2D eigenvalue weighted by Crippen LogP contribution is 2.24. The molecule has 0 aliphatic rings. The van der Waals surface area contributed by atoms with E-state index in [-0.39, 0.29) is 17.8 Å². The fourth-order valence-electron chi connectivity index (χ4n) is 1.54. The van der Waals surface area contributed by atoms with E-state index in [1.807, 2.05) is 12.1 Å². The molecule has 100 valence electrons. The molecule has 3 heteroatoms. The molecule has 1 aromatic rings. The van der Waals surface area contributed by atoms with Crippen molar-refractivity contribution in [3.63, 3.8) is 0 Å². The maximum absolute atomic E-state index is 11.1. The second-order valence-electron chi connectivity index (χ2n) is 5.18. The average Bonchev–Trinajstić information content (AvgIpc) is 2.29. The van der Waals surface area contributed by atoms with Crippen LogP contribution in [-0.4, -0.2) is 19.2 Å². The van der Waals surface area contributed by atoms with E-state index >= 15 is 0 Å². The van der Waals surface area contributed by atoms with E-state index in [0.29, 0.717) is 13.2 Å². The van der Waals surface area contributed by atoms with Gasteiger partial charge in [-0.1, -0.05) is 32.9 Å². The Labute approximate surface area is 109 Å². The van der Waals surface area contributed by atoms with Crippen molar-refractivity contribution >= 4 is 5.97 Å². The number of rotatable bonds is 5. The molecular formula is C15H22O3. The predicted molar refractivity (Wildman–Crippen MR) is 71.9 cm³/mol. The molecule has 0 amide bonds. The molecule has 0 heterocycles. The molecule has 1 rings (SSSR count). The first-order valence-corrected chi connectivity index (χ1v) is 6.32. The molecule has 0 spiro atoms. The number of benzene rings is 1. The summed E-state index contributed by atoms with van der Waals surface area (Å²) in [6.07, 6.45) is 0.287. The Morgan fingerprint density at radius 3 is 2.28 bits per heavy atom. The normalized spacial score (nSPS) is 11.1. The fraction of sp³-hybridized carbons (Fsp3) is 0.533.